The second-order valence-corrected chi connectivity index (χ2v) is 3.74. The van der Waals surface area contributed by atoms with Crippen molar-refractivity contribution in [2.75, 3.05) is 6.61 Å². The monoisotopic (exact) mass is 250 g/mol. The minimum atomic E-state index is -0.422. The maximum atomic E-state index is 11.6. The van der Waals surface area contributed by atoms with Crippen LogP contribution in [0.3, 0.4) is 0 Å². The zero-order chi connectivity index (χ0) is 12.3. The normalized spacial score (nSPS) is 10.2. The van der Waals surface area contributed by atoms with E-state index in [1.807, 2.05) is 12.1 Å². The second kappa shape index (κ2) is 5.01. The Labute approximate surface area is 104 Å². The largest absolute Gasteiger partial charge is 0.462 e. The van der Waals surface area contributed by atoms with Gasteiger partial charge in [-0.2, -0.15) is 0 Å². The third kappa shape index (κ3) is 2.47. The molecule has 0 bridgehead atoms. The van der Waals surface area contributed by atoms with Crippen LogP contribution < -0.4 is 0 Å². The Hall–Kier alpha value is -1.81. The third-order valence-electron chi connectivity index (χ3n) is 2.26. The molecule has 0 fully saturated rings. The summed E-state index contributed by atoms with van der Waals surface area (Å²) in [4.78, 5) is 18.4. The van der Waals surface area contributed by atoms with Crippen molar-refractivity contribution >= 4 is 17.6 Å². The van der Waals surface area contributed by atoms with Gasteiger partial charge in [-0.3, -0.25) is 4.98 Å². The van der Waals surface area contributed by atoms with Crippen LogP contribution in [0.1, 0.15) is 17.3 Å². The van der Waals surface area contributed by atoms with Crippen molar-refractivity contribution in [3.63, 3.8) is 0 Å². The lowest BCUT2D eigenvalue weighted by Crippen LogP contribution is -2.03. The van der Waals surface area contributed by atoms with E-state index in [2.05, 4.69) is 9.97 Å². The van der Waals surface area contributed by atoms with E-state index in [-0.39, 0.29) is 5.15 Å². The molecule has 17 heavy (non-hydrogen) atoms. The Kier molecular flexibility index (Phi) is 3.44. The van der Waals surface area contributed by atoms with Crippen LogP contribution in [-0.4, -0.2) is 22.5 Å². The molecule has 0 aliphatic heterocycles. The van der Waals surface area contributed by atoms with Gasteiger partial charge in [-0.25, -0.2) is 4.79 Å². The van der Waals surface area contributed by atoms with Gasteiger partial charge in [0.05, 0.1) is 12.2 Å². The van der Waals surface area contributed by atoms with Gasteiger partial charge in [0.2, 0.25) is 0 Å². The number of carbonyl (C=O) groups excluding carboxylic acids is 1. The minimum Gasteiger partial charge on any atom is -0.462 e. The van der Waals surface area contributed by atoms with Gasteiger partial charge in [0, 0.05) is 23.7 Å². The van der Waals surface area contributed by atoms with E-state index in [4.69, 9.17) is 16.3 Å². The first-order chi connectivity index (χ1) is 8.22. The van der Waals surface area contributed by atoms with Gasteiger partial charge in [-0.05, 0) is 25.1 Å². The summed E-state index contributed by atoms with van der Waals surface area (Å²) in [6, 6.07) is 5.34. The van der Waals surface area contributed by atoms with E-state index in [0.29, 0.717) is 12.2 Å². The summed E-state index contributed by atoms with van der Waals surface area (Å²) in [5.74, 6) is -0.422. The molecule has 0 unspecified atom stereocenters. The third-order valence-corrected chi connectivity index (χ3v) is 2.55. The molecule has 2 rings (SSSR count). The Bertz CT molecular complexity index is 523. The smallest absolute Gasteiger partial charge is 0.341 e. The van der Waals surface area contributed by atoms with E-state index in [0.717, 1.165) is 11.3 Å². The van der Waals surface area contributed by atoms with E-state index < -0.39 is 5.97 Å². The van der Waals surface area contributed by atoms with Crippen LogP contribution in [0.25, 0.3) is 11.3 Å². The molecule has 0 saturated carbocycles. The molecule has 0 spiro atoms. The number of esters is 1. The summed E-state index contributed by atoms with van der Waals surface area (Å²) in [6.45, 7) is 2.08. The fourth-order valence-corrected chi connectivity index (χ4v) is 1.71. The summed E-state index contributed by atoms with van der Waals surface area (Å²) in [7, 11) is 0. The van der Waals surface area contributed by atoms with E-state index in [1.54, 1.807) is 25.4 Å². The van der Waals surface area contributed by atoms with Crippen LogP contribution >= 0.6 is 11.6 Å². The lowest BCUT2D eigenvalue weighted by Gasteiger charge is -1.97. The Balaban J connectivity index is 2.34. The Morgan fingerprint density at radius 2 is 2.18 bits per heavy atom. The molecule has 0 amide bonds. The zero-order valence-electron chi connectivity index (χ0n) is 9.24. The van der Waals surface area contributed by atoms with Gasteiger partial charge in [-0.15, -0.1) is 0 Å². The average molecular weight is 251 g/mol. The van der Waals surface area contributed by atoms with Gasteiger partial charge in [0.25, 0.3) is 0 Å². The molecule has 4 nitrogen and oxygen atoms in total. The van der Waals surface area contributed by atoms with Gasteiger partial charge < -0.3 is 9.72 Å². The highest BCUT2D eigenvalue weighted by Gasteiger charge is 2.15. The van der Waals surface area contributed by atoms with Crippen LogP contribution in [0, 0.1) is 0 Å². The number of aromatic amines is 1. The lowest BCUT2D eigenvalue weighted by molar-refractivity contribution is 0.0527. The van der Waals surface area contributed by atoms with Crippen LogP contribution in [0.15, 0.2) is 30.6 Å². The standard InChI is InChI=1S/C12H11ClN2O2/c1-2-17-12(16)9-7-10(15-11(9)13)8-3-5-14-6-4-8/h3-7,15H,2H2,1H3. The molecule has 5 heteroatoms. The highest BCUT2D eigenvalue weighted by Crippen LogP contribution is 2.25. The topological polar surface area (TPSA) is 55.0 Å². The SMILES string of the molecule is CCOC(=O)c1cc(-c2ccncc2)[nH]c1Cl. The molecular weight excluding hydrogens is 240 g/mol. The summed E-state index contributed by atoms with van der Waals surface area (Å²) in [6.07, 6.45) is 3.35. The highest BCUT2D eigenvalue weighted by atomic mass is 35.5. The number of nitrogens with one attached hydrogen (secondary N) is 1. The van der Waals surface area contributed by atoms with E-state index >= 15 is 0 Å². The number of hydrogen-bond acceptors (Lipinski definition) is 3. The molecule has 2 heterocycles. The molecule has 0 radical (unpaired) electrons. The van der Waals surface area contributed by atoms with E-state index in [1.165, 1.54) is 0 Å². The average Bonchev–Trinajstić information content (AvgIpc) is 2.73. The van der Waals surface area contributed by atoms with Gasteiger partial charge in [0.1, 0.15) is 5.15 Å². The number of H-pyrrole nitrogens is 1. The highest BCUT2D eigenvalue weighted by molar-refractivity contribution is 6.32. The minimum absolute atomic E-state index is 0.287. The maximum Gasteiger partial charge on any atom is 0.341 e. The maximum absolute atomic E-state index is 11.6. The van der Waals surface area contributed by atoms with Gasteiger partial charge in [-0.1, -0.05) is 11.6 Å². The van der Waals surface area contributed by atoms with Crippen LogP contribution in [0.2, 0.25) is 5.15 Å². The first kappa shape index (κ1) is 11.7. The van der Waals surface area contributed by atoms with Crippen LogP contribution in [0.4, 0.5) is 0 Å². The molecule has 0 saturated heterocycles. The number of hydrogen-bond donors (Lipinski definition) is 1. The molecule has 1 N–H and O–H groups in total. The number of halogens is 1. The van der Waals surface area contributed by atoms with Crippen molar-refractivity contribution in [3.05, 3.63) is 41.3 Å². The number of rotatable bonds is 3. The van der Waals surface area contributed by atoms with Crippen LogP contribution in [0.5, 0.6) is 0 Å². The summed E-state index contributed by atoms with van der Waals surface area (Å²) in [5, 5.41) is 0.287. The van der Waals surface area contributed by atoms with E-state index in [9.17, 15) is 4.79 Å². The molecule has 0 atom stereocenters. The van der Waals surface area contributed by atoms with Crippen molar-refractivity contribution in [1.29, 1.82) is 0 Å². The molecule has 0 aliphatic rings. The summed E-state index contributed by atoms with van der Waals surface area (Å²) >= 11 is 5.95. The fraction of sp³-hybridized carbons (Fsp3) is 0.167. The molecule has 0 aromatic carbocycles. The predicted octanol–water partition coefficient (Wildman–Crippen LogP) is 2.91. The Morgan fingerprint density at radius 3 is 2.82 bits per heavy atom. The quantitative estimate of drug-likeness (QED) is 0.852. The molecule has 88 valence electrons. The fourth-order valence-electron chi connectivity index (χ4n) is 1.47. The van der Waals surface area contributed by atoms with Crippen LogP contribution in [-0.2, 0) is 4.74 Å². The second-order valence-electron chi connectivity index (χ2n) is 3.37. The van der Waals surface area contributed by atoms with Crippen molar-refractivity contribution in [3.8, 4) is 11.3 Å². The number of nitrogens with zero attached hydrogens (tertiary/aromatic N) is 1. The molecule has 2 aromatic rings. The molecular formula is C12H11ClN2O2. The number of aromatic nitrogens is 2. The number of pyridine rings is 1. The van der Waals surface area contributed by atoms with Crippen molar-refractivity contribution in [2.45, 2.75) is 6.92 Å². The number of carbonyl (C=O) groups is 1. The van der Waals surface area contributed by atoms with Crippen molar-refractivity contribution in [1.82, 2.24) is 9.97 Å². The zero-order valence-corrected chi connectivity index (χ0v) is 9.99. The lowest BCUT2D eigenvalue weighted by atomic mass is 10.2. The predicted molar refractivity (Wildman–Crippen MR) is 65.0 cm³/mol. The first-order valence-corrected chi connectivity index (χ1v) is 5.56. The van der Waals surface area contributed by atoms with Gasteiger partial charge in [0.15, 0.2) is 0 Å². The van der Waals surface area contributed by atoms with Crippen molar-refractivity contribution in [2.24, 2.45) is 0 Å². The molecule has 0 aliphatic carbocycles. The van der Waals surface area contributed by atoms with Crippen molar-refractivity contribution < 1.29 is 9.53 Å². The first-order valence-electron chi connectivity index (χ1n) is 5.18. The Morgan fingerprint density at radius 1 is 1.47 bits per heavy atom. The number of ether oxygens (including phenoxy) is 1. The summed E-state index contributed by atoms with van der Waals surface area (Å²) < 4.78 is 4.90. The summed E-state index contributed by atoms with van der Waals surface area (Å²) in [5.41, 5.74) is 2.03. The molecule has 2 aromatic heterocycles. The van der Waals surface area contributed by atoms with Gasteiger partial charge >= 0.3 is 5.97 Å².